The van der Waals surface area contributed by atoms with Crippen LogP contribution in [-0.2, 0) is 11.8 Å². The van der Waals surface area contributed by atoms with Gasteiger partial charge in [-0.3, -0.25) is 19.2 Å². The largest absolute Gasteiger partial charge is 0.480 e. The van der Waals surface area contributed by atoms with E-state index in [1.54, 1.807) is 35.9 Å². The van der Waals surface area contributed by atoms with Crippen molar-refractivity contribution in [1.82, 2.24) is 19.6 Å². The fourth-order valence-electron chi connectivity index (χ4n) is 2.18. The van der Waals surface area contributed by atoms with E-state index in [-0.39, 0.29) is 5.91 Å². The Kier molecular flexibility index (Phi) is 3.84. The van der Waals surface area contributed by atoms with Gasteiger partial charge >= 0.3 is 5.97 Å². The molecule has 7 nitrogen and oxygen atoms in total. The molecule has 1 aliphatic heterocycles. The smallest absolute Gasteiger partial charge is 0.320 e. The van der Waals surface area contributed by atoms with E-state index in [0.717, 1.165) is 0 Å². The van der Waals surface area contributed by atoms with Gasteiger partial charge < -0.3 is 10.0 Å². The summed E-state index contributed by atoms with van der Waals surface area (Å²) < 4.78 is 1.59. The first-order valence-electron chi connectivity index (χ1n) is 6.24. The Labute approximate surface area is 111 Å². The molecule has 1 aromatic rings. The van der Waals surface area contributed by atoms with Crippen molar-refractivity contribution in [3.8, 4) is 0 Å². The Bertz CT molecular complexity index is 477. The lowest BCUT2D eigenvalue weighted by atomic mass is 10.2. The van der Waals surface area contributed by atoms with E-state index in [4.69, 9.17) is 5.11 Å². The summed E-state index contributed by atoms with van der Waals surface area (Å²) in [6, 6.07) is -0.504. The molecule has 2 rings (SSSR count). The van der Waals surface area contributed by atoms with Crippen molar-refractivity contribution in [2.75, 3.05) is 26.2 Å². The second kappa shape index (κ2) is 5.40. The topological polar surface area (TPSA) is 78.7 Å². The van der Waals surface area contributed by atoms with E-state index >= 15 is 0 Å². The standard InChI is InChI=1S/C12H18N4O3/c1-9(12(18)19)15-3-5-16(6-4-15)11(17)10-7-13-14(2)8-10/h7-9H,3-6H2,1-2H3,(H,18,19). The first-order valence-corrected chi connectivity index (χ1v) is 6.24. The molecule has 2 heterocycles. The van der Waals surface area contributed by atoms with E-state index in [2.05, 4.69) is 5.10 Å². The molecule has 104 valence electrons. The van der Waals surface area contributed by atoms with Gasteiger partial charge in [0.1, 0.15) is 6.04 Å². The summed E-state index contributed by atoms with van der Waals surface area (Å²) >= 11 is 0. The molecule has 0 aromatic carbocycles. The molecule has 1 fully saturated rings. The number of aromatic nitrogens is 2. The molecule has 0 saturated carbocycles. The minimum atomic E-state index is -0.827. The average molecular weight is 266 g/mol. The number of carbonyl (C=O) groups excluding carboxylic acids is 1. The maximum absolute atomic E-state index is 12.2. The van der Waals surface area contributed by atoms with Crippen LogP contribution in [0.4, 0.5) is 0 Å². The van der Waals surface area contributed by atoms with Crippen molar-refractivity contribution in [2.45, 2.75) is 13.0 Å². The van der Waals surface area contributed by atoms with Gasteiger partial charge in [0.25, 0.3) is 5.91 Å². The van der Waals surface area contributed by atoms with Gasteiger partial charge in [0.05, 0.1) is 11.8 Å². The van der Waals surface area contributed by atoms with Crippen LogP contribution in [0.15, 0.2) is 12.4 Å². The number of hydrogen-bond donors (Lipinski definition) is 1. The first-order chi connectivity index (χ1) is 8.99. The minimum absolute atomic E-state index is 0.0456. The predicted octanol–water partition coefficient (Wildman–Crippen LogP) is -0.349. The van der Waals surface area contributed by atoms with Gasteiger partial charge in [-0.05, 0) is 6.92 Å². The van der Waals surface area contributed by atoms with Crippen LogP contribution in [0.5, 0.6) is 0 Å². The normalized spacial score (nSPS) is 18.3. The van der Waals surface area contributed by atoms with Crippen LogP contribution in [0.3, 0.4) is 0 Å². The molecule has 1 amide bonds. The highest BCUT2D eigenvalue weighted by Crippen LogP contribution is 2.10. The van der Waals surface area contributed by atoms with E-state index in [1.807, 2.05) is 4.90 Å². The van der Waals surface area contributed by atoms with Gasteiger partial charge in [0.2, 0.25) is 0 Å². The molecule has 7 heteroatoms. The van der Waals surface area contributed by atoms with Gasteiger partial charge in [-0.1, -0.05) is 0 Å². The number of hydrogen-bond acceptors (Lipinski definition) is 4. The van der Waals surface area contributed by atoms with Gasteiger partial charge in [-0.2, -0.15) is 5.10 Å². The third-order valence-electron chi connectivity index (χ3n) is 3.46. The van der Waals surface area contributed by atoms with Crippen LogP contribution in [0.2, 0.25) is 0 Å². The zero-order valence-corrected chi connectivity index (χ0v) is 11.1. The highest BCUT2D eigenvalue weighted by atomic mass is 16.4. The molecule has 1 unspecified atom stereocenters. The summed E-state index contributed by atoms with van der Waals surface area (Å²) in [6.45, 7) is 3.93. The summed E-state index contributed by atoms with van der Waals surface area (Å²) in [7, 11) is 1.77. The fraction of sp³-hybridized carbons (Fsp3) is 0.583. The number of carboxylic acids is 1. The number of carboxylic acid groups (broad SMARTS) is 1. The van der Waals surface area contributed by atoms with Gasteiger partial charge in [-0.25, -0.2) is 0 Å². The SMILES string of the molecule is CC(C(=O)O)N1CCN(C(=O)c2cnn(C)c2)CC1. The van der Waals surface area contributed by atoms with Crippen LogP contribution >= 0.6 is 0 Å². The molecule has 0 aliphatic carbocycles. The van der Waals surface area contributed by atoms with Crippen LogP contribution < -0.4 is 0 Å². The number of rotatable bonds is 3. The molecule has 1 saturated heterocycles. The molecular weight excluding hydrogens is 248 g/mol. The lowest BCUT2D eigenvalue weighted by Gasteiger charge is -2.36. The number of aliphatic carboxylic acids is 1. The fourth-order valence-corrected chi connectivity index (χ4v) is 2.18. The third kappa shape index (κ3) is 2.93. The van der Waals surface area contributed by atoms with Gasteiger partial charge in [0.15, 0.2) is 0 Å². The zero-order valence-electron chi connectivity index (χ0n) is 11.1. The quantitative estimate of drug-likeness (QED) is 0.809. The number of piperazine rings is 1. The molecule has 1 atom stereocenters. The second-order valence-electron chi connectivity index (χ2n) is 4.75. The predicted molar refractivity (Wildman–Crippen MR) is 67.8 cm³/mol. The van der Waals surface area contributed by atoms with Crippen molar-refractivity contribution < 1.29 is 14.7 Å². The summed E-state index contributed by atoms with van der Waals surface area (Å²) in [5, 5.41) is 12.9. The van der Waals surface area contributed by atoms with Gasteiger partial charge in [0, 0.05) is 39.4 Å². The van der Waals surface area contributed by atoms with E-state index in [0.29, 0.717) is 31.7 Å². The Morgan fingerprint density at radius 3 is 2.42 bits per heavy atom. The molecule has 1 aromatic heterocycles. The van der Waals surface area contributed by atoms with Crippen molar-refractivity contribution in [2.24, 2.45) is 7.05 Å². The van der Waals surface area contributed by atoms with Crippen LogP contribution in [0, 0.1) is 0 Å². The number of aryl methyl sites for hydroxylation is 1. The third-order valence-corrected chi connectivity index (χ3v) is 3.46. The minimum Gasteiger partial charge on any atom is -0.480 e. The van der Waals surface area contributed by atoms with Crippen LogP contribution in [-0.4, -0.2) is 68.8 Å². The number of nitrogens with zero attached hydrogens (tertiary/aromatic N) is 4. The van der Waals surface area contributed by atoms with Crippen molar-refractivity contribution in [3.05, 3.63) is 18.0 Å². The highest BCUT2D eigenvalue weighted by molar-refractivity contribution is 5.93. The monoisotopic (exact) mass is 266 g/mol. The van der Waals surface area contributed by atoms with Crippen molar-refractivity contribution >= 4 is 11.9 Å². The van der Waals surface area contributed by atoms with Gasteiger partial charge in [-0.15, -0.1) is 0 Å². The molecule has 1 aliphatic rings. The Balaban J connectivity index is 1.93. The first kappa shape index (κ1) is 13.5. The Hall–Kier alpha value is -1.89. The lowest BCUT2D eigenvalue weighted by molar-refractivity contribution is -0.143. The molecular formula is C12H18N4O3. The maximum Gasteiger partial charge on any atom is 0.320 e. The van der Waals surface area contributed by atoms with E-state index < -0.39 is 12.0 Å². The van der Waals surface area contributed by atoms with Crippen molar-refractivity contribution in [3.63, 3.8) is 0 Å². The number of carbonyl (C=O) groups is 2. The van der Waals surface area contributed by atoms with Crippen molar-refractivity contribution in [1.29, 1.82) is 0 Å². The molecule has 0 radical (unpaired) electrons. The zero-order chi connectivity index (χ0) is 14.0. The molecule has 19 heavy (non-hydrogen) atoms. The second-order valence-corrected chi connectivity index (χ2v) is 4.75. The lowest BCUT2D eigenvalue weighted by Crippen LogP contribution is -2.53. The Morgan fingerprint density at radius 1 is 1.32 bits per heavy atom. The Morgan fingerprint density at radius 2 is 1.95 bits per heavy atom. The average Bonchev–Trinajstić information content (AvgIpc) is 2.84. The van der Waals surface area contributed by atoms with Crippen LogP contribution in [0.25, 0.3) is 0 Å². The summed E-state index contributed by atoms with van der Waals surface area (Å²) in [5.74, 6) is -0.872. The van der Waals surface area contributed by atoms with E-state index in [9.17, 15) is 9.59 Å². The highest BCUT2D eigenvalue weighted by Gasteiger charge is 2.27. The maximum atomic E-state index is 12.2. The summed E-state index contributed by atoms with van der Waals surface area (Å²) in [6.07, 6.45) is 3.24. The summed E-state index contributed by atoms with van der Waals surface area (Å²) in [4.78, 5) is 26.7. The molecule has 0 bridgehead atoms. The molecule has 0 spiro atoms. The summed E-state index contributed by atoms with van der Waals surface area (Å²) in [5.41, 5.74) is 0.572. The van der Waals surface area contributed by atoms with E-state index in [1.165, 1.54) is 0 Å². The van der Waals surface area contributed by atoms with Crippen LogP contribution in [0.1, 0.15) is 17.3 Å². The molecule has 1 N–H and O–H groups in total. The number of amides is 1.